The minimum Gasteiger partial charge on any atom is -0.478 e. The summed E-state index contributed by atoms with van der Waals surface area (Å²) < 4.78 is 0. The fourth-order valence-corrected chi connectivity index (χ4v) is 3.47. The van der Waals surface area contributed by atoms with Gasteiger partial charge in [-0.05, 0) is 68.8 Å². The molecule has 1 heterocycles. The van der Waals surface area contributed by atoms with Crippen molar-refractivity contribution in [3.63, 3.8) is 0 Å². The highest BCUT2D eigenvalue weighted by Gasteiger charge is 2.38. The van der Waals surface area contributed by atoms with Crippen molar-refractivity contribution in [2.24, 2.45) is 4.99 Å². The van der Waals surface area contributed by atoms with Gasteiger partial charge in [0.2, 0.25) is 0 Å². The predicted octanol–water partition coefficient (Wildman–Crippen LogP) is 4.07. The van der Waals surface area contributed by atoms with E-state index in [1.165, 1.54) is 31.2 Å². The van der Waals surface area contributed by atoms with Crippen molar-refractivity contribution in [2.45, 2.75) is 20.8 Å². The van der Waals surface area contributed by atoms with Gasteiger partial charge in [-0.3, -0.25) is 14.5 Å². The van der Waals surface area contributed by atoms with Crippen LogP contribution in [0, 0.1) is 6.57 Å². The number of aromatic carboxylic acids is 1. The first-order valence-corrected chi connectivity index (χ1v) is 10.1. The summed E-state index contributed by atoms with van der Waals surface area (Å²) in [6, 6.07) is 12.8. The Kier molecular flexibility index (Phi) is 6.50. The number of rotatable bonds is 6. The maximum Gasteiger partial charge on any atom is 0.335 e. The first-order chi connectivity index (χ1) is 15.3. The van der Waals surface area contributed by atoms with Gasteiger partial charge in [0.15, 0.2) is 0 Å². The van der Waals surface area contributed by atoms with Crippen molar-refractivity contribution in [2.75, 3.05) is 22.9 Å². The molecule has 0 saturated heterocycles. The highest BCUT2D eigenvalue weighted by Crippen LogP contribution is 2.28. The third-order valence-electron chi connectivity index (χ3n) is 5.20. The monoisotopic (exact) mass is 430 g/mol. The largest absolute Gasteiger partial charge is 0.478 e. The van der Waals surface area contributed by atoms with E-state index in [-0.39, 0.29) is 28.2 Å². The summed E-state index contributed by atoms with van der Waals surface area (Å²) in [5.74, 6) is -2.71. The maximum absolute atomic E-state index is 13.2. The van der Waals surface area contributed by atoms with Gasteiger partial charge < -0.3 is 10.0 Å². The van der Waals surface area contributed by atoms with Crippen molar-refractivity contribution in [3.8, 4) is 0 Å². The highest BCUT2D eigenvalue weighted by molar-refractivity contribution is 6.57. The molecule has 0 unspecified atom stereocenters. The summed E-state index contributed by atoms with van der Waals surface area (Å²) >= 11 is 0. The van der Waals surface area contributed by atoms with Gasteiger partial charge in [0.25, 0.3) is 17.5 Å². The SMILES string of the molecule is [C-]#[N+]C1=C(C)C(=Nc2ccc(N(CC)CC)cc2)C(=O)N(c2cccc(C(=O)O)c2)C1=O. The van der Waals surface area contributed by atoms with Crippen LogP contribution in [0.1, 0.15) is 31.1 Å². The number of anilines is 2. The lowest BCUT2D eigenvalue weighted by molar-refractivity contribution is -0.121. The van der Waals surface area contributed by atoms with Crippen molar-refractivity contribution >= 4 is 40.6 Å². The Morgan fingerprint density at radius 1 is 1.09 bits per heavy atom. The number of hydrogen-bond acceptors (Lipinski definition) is 5. The molecular weight excluding hydrogens is 408 g/mol. The molecule has 2 amide bonds. The summed E-state index contributed by atoms with van der Waals surface area (Å²) in [5, 5.41) is 9.25. The van der Waals surface area contributed by atoms with Gasteiger partial charge in [-0.15, -0.1) is 0 Å². The second-order valence-electron chi connectivity index (χ2n) is 7.04. The van der Waals surface area contributed by atoms with E-state index in [1.54, 1.807) is 12.1 Å². The van der Waals surface area contributed by atoms with Crippen molar-refractivity contribution in [3.05, 3.63) is 76.8 Å². The van der Waals surface area contributed by atoms with E-state index in [1.807, 2.05) is 12.1 Å². The molecule has 0 spiro atoms. The number of carbonyl (C=O) groups excluding carboxylic acids is 2. The Labute approximate surface area is 185 Å². The van der Waals surface area contributed by atoms with Crippen LogP contribution in [-0.2, 0) is 9.59 Å². The molecule has 8 nitrogen and oxygen atoms in total. The standard InChI is InChI=1S/C24H22N4O4/c1-5-27(6-2)18-12-10-17(11-13-18)26-21-15(3)20(25-4)22(29)28(23(21)30)19-9-7-8-16(14-19)24(31)32/h7-14H,5-6H2,1-3H3,(H,31,32). The van der Waals surface area contributed by atoms with Gasteiger partial charge >= 0.3 is 5.97 Å². The molecule has 1 aliphatic rings. The number of aliphatic imine (C=N–C) groups is 1. The molecule has 3 rings (SSSR count). The molecule has 2 aromatic carbocycles. The molecule has 32 heavy (non-hydrogen) atoms. The Morgan fingerprint density at radius 3 is 2.31 bits per heavy atom. The minimum atomic E-state index is -1.19. The number of carbonyl (C=O) groups is 3. The Hall–Kier alpha value is -4.25. The topological polar surface area (TPSA) is 94.6 Å². The first kappa shape index (κ1) is 22.4. The Balaban J connectivity index is 2.08. The number of imide groups is 1. The molecule has 0 atom stereocenters. The van der Waals surface area contributed by atoms with Crippen LogP contribution in [-0.4, -0.2) is 41.7 Å². The second-order valence-corrected chi connectivity index (χ2v) is 7.04. The molecule has 1 aliphatic heterocycles. The average Bonchev–Trinajstić information content (AvgIpc) is 2.79. The molecule has 0 fully saturated rings. The van der Waals surface area contributed by atoms with E-state index in [4.69, 9.17) is 6.57 Å². The fraction of sp³-hybridized carbons (Fsp3) is 0.208. The van der Waals surface area contributed by atoms with Crippen LogP contribution in [0.4, 0.5) is 17.1 Å². The quantitative estimate of drug-likeness (QED) is 0.551. The van der Waals surface area contributed by atoms with Crippen LogP contribution < -0.4 is 9.80 Å². The summed E-state index contributed by atoms with van der Waals surface area (Å²) in [4.78, 5) is 48.1. The van der Waals surface area contributed by atoms with Crippen molar-refractivity contribution in [1.82, 2.24) is 0 Å². The van der Waals surface area contributed by atoms with Crippen molar-refractivity contribution in [1.29, 1.82) is 0 Å². The molecule has 0 radical (unpaired) electrons. The van der Waals surface area contributed by atoms with Gasteiger partial charge in [-0.25, -0.2) is 14.6 Å². The van der Waals surface area contributed by atoms with Gasteiger partial charge in [0.05, 0.1) is 23.5 Å². The van der Waals surface area contributed by atoms with Crippen LogP contribution >= 0.6 is 0 Å². The molecule has 0 saturated carbocycles. The second kappa shape index (κ2) is 9.27. The number of benzene rings is 2. The molecule has 0 aliphatic carbocycles. The maximum atomic E-state index is 13.2. The van der Waals surface area contributed by atoms with E-state index in [0.717, 1.165) is 23.7 Å². The Morgan fingerprint density at radius 2 is 1.75 bits per heavy atom. The highest BCUT2D eigenvalue weighted by atomic mass is 16.4. The van der Waals surface area contributed by atoms with E-state index >= 15 is 0 Å². The average molecular weight is 430 g/mol. The summed E-state index contributed by atoms with van der Waals surface area (Å²) in [6.07, 6.45) is 0. The molecule has 1 N–H and O–H groups in total. The number of carboxylic acids is 1. The fourth-order valence-electron chi connectivity index (χ4n) is 3.47. The molecule has 0 aromatic heterocycles. The van der Waals surface area contributed by atoms with Crippen LogP contribution in [0.3, 0.4) is 0 Å². The molecule has 0 bridgehead atoms. The van der Waals surface area contributed by atoms with E-state index in [2.05, 4.69) is 28.6 Å². The summed E-state index contributed by atoms with van der Waals surface area (Å²) in [6.45, 7) is 14.8. The van der Waals surface area contributed by atoms with Crippen LogP contribution in [0.25, 0.3) is 4.85 Å². The smallest absolute Gasteiger partial charge is 0.335 e. The van der Waals surface area contributed by atoms with Gasteiger partial charge in [-0.2, -0.15) is 0 Å². The molecule has 8 heteroatoms. The normalized spacial score (nSPS) is 15.2. The van der Waals surface area contributed by atoms with Crippen LogP contribution in [0.15, 0.2) is 64.8 Å². The molecule has 162 valence electrons. The van der Waals surface area contributed by atoms with E-state index in [0.29, 0.717) is 5.69 Å². The third-order valence-corrected chi connectivity index (χ3v) is 5.20. The lowest BCUT2D eigenvalue weighted by Gasteiger charge is -2.27. The van der Waals surface area contributed by atoms with Crippen molar-refractivity contribution < 1.29 is 19.5 Å². The van der Waals surface area contributed by atoms with Gasteiger partial charge in [0.1, 0.15) is 5.71 Å². The minimum absolute atomic E-state index is 0.0353. The first-order valence-electron chi connectivity index (χ1n) is 10.1. The zero-order chi connectivity index (χ0) is 23.4. The predicted molar refractivity (Wildman–Crippen MR) is 122 cm³/mol. The summed E-state index contributed by atoms with van der Waals surface area (Å²) in [5.41, 5.74) is 1.43. The third kappa shape index (κ3) is 4.14. The number of nitrogens with zero attached hydrogens (tertiary/aromatic N) is 4. The van der Waals surface area contributed by atoms with Crippen LogP contribution in [0.2, 0.25) is 0 Å². The number of amides is 2. The zero-order valence-corrected chi connectivity index (χ0v) is 18.0. The summed E-state index contributed by atoms with van der Waals surface area (Å²) in [7, 11) is 0. The zero-order valence-electron chi connectivity index (χ0n) is 18.0. The van der Waals surface area contributed by atoms with E-state index in [9.17, 15) is 19.5 Å². The molecular formula is C24H22N4O4. The number of hydrogen-bond donors (Lipinski definition) is 1. The van der Waals surface area contributed by atoms with E-state index < -0.39 is 17.8 Å². The lowest BCUT2D eigenvalue weighted by Crippen LogP contribution is -2.46. The number of carboxylic acid groups (broad SMARTS) is 1. The Bertz CT molecular complexity index is 1190. The van der Waals surface area contributed by atoms with Gasteiger partial charge in [0, 0.05) is 18.8 Å². The lowest BCUT2D eigenvalue weighted by atomic mass is 10.0. The van der Waals surface area contributed by atoms with Gasteiger partial charge in [-0.1, -0.05) is 6.07 Å². The molecule has 2 aromatic rings. The van der Waals surface area contributed by atoms with Crippen LogP contribution in [0.5, 0.6) is 0 Å².